The van der Waals surface area contributed by atoms with Crippen LogP contribution in [0.3, 0.4) is 0 Å². The van der Waals surface area contributed by atoms with Gasteiger partial charge in [0.2, 0.25) is 0 Å². The summed E-state index contributed by atoms with van der Waals surface area (Å²) in [5, 5.41) is 4.76. The van der Waals surface area contributed by atoms with Gasteiger partial charge in [-0.05, 0) is 43.7 Å². The van der Waals surface area contributed by atoms with Crippen molar-refractivity contribution in [3.63, 3.8) is 0 Å². The van der Waals surface area contributed by atoms with Crippen LogP contribution in [0.2, 0.25) is 0 Å². The van der Waals surface area contributed by atoms with Gasteiger partial charge in [-0.3, -0.25) is 0 Å². The lowest BCUT2D eigenvalue weighted by Gasteiger charge is -2.03. The zero-order valence-corrected chi connectivity index (χ0v) is 16.8. The fourth-order valence-electron chi connectivity index (χ4n) is 2.78. The molecule has 0 rings (SSSR count). The summed E-state index contributed by atoms with van der Waals surface area (Å²) in [4.78, 5) is 7.70. The summed E-state index contributed by atoms with van der Waals surface area (Å²) in [6.45, 7) is 0.864. The van der Waals surface area contributed by atoms with Crippen molar-refractivity contribution in [2.45, 2.75) is 96.3 Å². The first-order valence-electron chi connectivity index (χ1n) is 9.67. The van der Waals surface area contributed by atoms with Gasteiger partial charge in [-0.25, -0.2) is 9.98 Å². The Labute approximate surface area is 159 Å². The molecule has 0 radical (unpaired) electrons. The van der Waals surface area contributed by atoms with Crippen molar-refractivity contribution in [1.82, 2.24) is 0 Å². The Morgan fingerprint density at radius 2 is 1.04 bits per heavy atom. The summed E-state index contributed by atoms with van der Waals surface area (Å²) in [6, 6.07) is 0. The van der Waals surface area contributed by atoms with Crippen LogP contribution in [0.15, 0.2) is 22.3 Å². The molecule has 0 atom stereocenters. The molecule has 0 N–H and O–H groups in total. The number of thiocarbonyl (C=S) groups is 2. The maximum Gasteiger partial charge on any atom is 0.0634 e. The molecule has 0 bridgehead atoms. The van der Waals surface area contributed by atoms with Crippen LogP contribution in [-0.4, -0.2) is 16.9 Å². The van der Waals surface area contributed by atoms with E-state index in [-0.39, 0.29) is 0 Å². The average molecular weight is 367 g/mol. The van der Waals surface area contributed by atoms with Crippen LogP contribution in [0.4, 0.5) is 0 Å². The van der Waals surface area contributed by atoms with Gasteiger partial charge >= 0.3 is 0 Å². The lowest BCUT2D eigenvalue weighted by atomic mass is 10.0. The fourth-order valence-corrected chi connectivity index (χ4v) is 2.93. The van der Waals surface area contributed by atoms with E-state index < -0.39 is 0 Å². The van der Waals surface area contributed by atoms with Gasteiger partial charge in [0, 0.05) is 12.7 Å². The number of isothiocyanates is 2. The third-order valence-electron chi connectivity index (χ3n) is 4.19. The third-order valence-corrected chi connectivity index (χ3v) is 4.42. The highest BCUT2D eigenvalue weighted by Crippen LogP contribution is 2.13. The number of aliphatic imine (C=N–C) groups is 2. The zero-order valence-electron chi connectivity index (χ0n) is 15.2. The zero-order chi connectivity index (χ0) is 17.6. The summed E-state index contributed by atoms with van der Waals surface area (Å²) >= 11 is 9.05. The van der Waals surface area contributed by atoms with Crippen LogP contribution in [0.5, 0.6) is 0 Å². The number of hydrogen-bond donors (Lipinski definition) is 0. The summed E-state index contributed by atoms with van der Waals surface area (Å²) < 4.78 is 0. The highest BCUT2D eigenvalue weighted by Gasteiger charge is 1.94. The Morgan fingerprint density at radius 1 is 0.583 bits per heavy atom. The molecule has 0 aliphatic heterocycles. The van der Waals surface area contributed by atoms with Crippen molar-refractivity contribution >= 4 is 34.8 Å². The number of rotatable bonds is 18. The number of nitrogens with zero attached hydrogens (tertiary/aromatic N) is 2. The molecular formula is C20H34N2S2. The Kier molecular flexibility index (Phi) is 21.7. The van der Waals surface area contributed by atoms with Gasteiger partial charge in [-0.2, -0.15) is 0 Å². The second kappa shape index (κ2) is 22.3. The molecule has 0 aliphatic carbocycles. The van der Waals surface area contributed by atoms with E-state index in [2.05, 4.69) is 50.8 Å². The molecule has 0 aromatic rings. The molecule has 4 heteroatoms. The summed E-state index contributed by atoms with van der Waals surface area (Å²) in [5.74, 6) is 0. The van der Waals surface area contributed by atoms with Crippen molar-refractivity contribution in [3.05, 3.63) is 12.3 Å². The molecular weight excluding hydrogens is 332 g/mol. The molecule has 0 aromatic carbocycles. The van der Waals surface area contributed by atoms with Crippen LogP contribution in [-0.2, 0) is 0 Å². The van der Waals surface area contributed by atoms with Crippen LogP contribution < -0.4 is 0 Å². The predicted octanol–water partition coefficient (Wildman–Crippen LogP) is 7.56. The first-order valence-corrected chi connectivity index (χ1v) is 10.5. The molecule has 24 heavy (non-hydrogen) atoms. The topological polar surface area (TPSA) is 24.7 Å². The largest absolute Gasteiger partial charge is 0.233 e. The second-order valence-electron chi connectivity index (χ2n) is 6.32. The minimum Gasteiger partial charge on any atom is -0.233 e. The summed E-state index contributed by atoms with van der Waals surface area (Å²) in [5.41, 5.74) is 0. The van der Waals surface area contributed by atoms with Gasteiger partial charge in [-0.1, -0.05) is 83.1 Å². The van der Waals surface area contributed by atoms with Crippen molar-refractivity contribution in [2.24, 2.45) is 9.98 Å². The van der Waals surface area contributed by atoms with Gasteiger partial charge in [-0.15, -0.1) is 0 Å². The molecule has 0 saturated heterocycles. The van der Waals surface area contributed by atoms with Crippen molar-refractivity contribution in [1.29, 1.82) is 0 Å². The summed E-state index contributed by atoms with van der Waals surface area (Å²) in [6.07, 6.45) is 24.0. The fraction of sp³-hybridized carbons (Fsp3) is 0.800. The van der Waals surface area contributed by atoms with Crippen molar-refractivity contribution in [3.8, 4) is 0 Å². The normalized spacial score (nSPS) is 10.5. The standard InChI is InChI=1S/C20H34N2S2/c23-19-21-17-15-13-11-9-7-5-3-1-2-4-6-8-10-12-14-16-18-22-20-24/h15,17H,1-14,16,18H2/b17-15-. The molecule has 0 spiro atoms. The van der Waals surface area contributed by atoms with E-state index in [0.717, 1.165) is 13.0 Å². The van der Waals surface area contributed by atoms with Crippen LogP contribution in [0.1, 0.15) is 96.3 Å². The van der Waals surface area contributed by atoms with E-state index in [9.17, 15) is 0 Å². The van der Waals surface area contributed by atoms with Gasteiger partial charge in [0.25, 0.3) is 0 Å². The number of unbranched alkanes of at least 4 members (excludes halogenated alkanes) is 14. The first-order chi connectivity index (χ1) is 11.9. The SMILES string of the molecule is S=C=N/C=C\CCCCCCCCCCCCCCCCN=C=S. The molecule has 136 valence electrons. The Balaban J connectivity index is 3.05. The van der Waals surface area contributed by atoms with E-state index in [0.29, 0.717) is 0 Å². The summed E-state index contributed by atoms with van der Waals surface area (Å²) in [7, 11) is 0. The third kappa shape index (κ3) is 21.3. The first kappa shape index (κ1) is 23.3. The van der Waals surface area contributed by atoms with Gasteiger partial charge in [0.1, 0.15) is 0 Å². The van der Waals surface area contributed by atoms with Gasteiger partial charge in [0.05, 0.1) is 10.3 Å². The van der Waals surface area contributed by atoms with Crippen LogP contribution in [0.25, 0.3) is 0 Å². The molecule has 2 nitrogen and oxygen atoms in total. The molecule has 0 fully saturated rings. The minimum atomic E-state index is 0.864. The molecule has 0 aromatic heterocycles. The van der Waals surface area contributed by atoms with E-state index in [1.807, 2.05) is 0 Å². The highest BCUT2D eigenvalue weighted by molar-refractivity contribution is 7.78. The van der Waals surface area contributed by atoms with Crippen LogP contribution >= 0.6 is 24.4 Å². The Bertz CT molecular complexity index is 381. The quantitative estimate of drug-likeness (QED) is 0.142. The lowest BCUT2D eigenvalue weighted by molar-refractivity contribution is 0.534. The van der Waals surface area contributed by atoms with E-state index >= 15 is 0 Å². The molecule has 0 amide bonds. The van der Waals surface area contributed by atoms with E-state index in [1.54, 1.807) is 6.20 Å². The van der Waals surface area contributed by atoms with Crippen molar-refractivity contribution in [2.75, 3.05) is 6.54 Å². The molecule has 0 saturated carbocycles. The molecule has 0 heterocycles. The average Bonchev–Trinajstić information content (AvgIpc) is 2.60. The van der Waals surface area contributed by atoms with Gasteiger partial charge in [0.15, 0.2) is 0 Å². The highest BCUT2D eigenvalue weighted by atomic mass is 32.1. The lowest BCUT2D eigenvalue weighted by Crippen LogP contribution is -1.84. The van der Waals surface area contributed by atoms with Gasteiger partial charge < -0.3 is 0 Å². The number of hydrogen-bond acceptors (Lipinski definition) is 4. The Hall–Kier alpha value is -0.660. The smallest absolute Gasteiger partial charge is 0.0634 e. The van der Waals surface area contributed by atoms with E-state index in [4.69, 9.17) is 0 Å². The van der Waals surface area contributed by atoms with Crippen molar-refractivity contribution < 1.29 is 0 Å². The maximum atomic E-state index is 4.55. The minimum absolute atomic E-state index is 0.864. The predicted molar refractivity (Wildman–Crippen MR) is 113 cm³/mol. The number of allylic oxidation sites excluding steroid dienone is 1. The molecule has 0 unspecified atom stereocenters. The Morgan fingerprint density at radius 3 is 1.50 bits per heavy atom. The van der Waals surface area contributed by atoms with E-state index in [1.165, 1.54) is 89.9 Å². The van der Waals surface area contributed by atoms with Crippen LogP contribution in [0, 0.1) is 0 Å². The monoisotopic (exact) mass is 366 g/mol. The molecule has 0 aliphatic rings. The maximum absolute atomic E-state index is 4.55. The second-order valence-corrected chi connectivity index (χ2v) is 6.68.